The summed E-state index contributed by atoms with van der Waals surface area (Å²) in [5.41, 5.74) is 11.4. The number of fused-ring (bicyclic) bond motifs is 1. The van der Waals surface area contributed by atoms with Crippen LogP contribution in [-0.4, -0.2) is 20.7 Å². The number of rotatable bonds is 7. The first-order valence-corrected chi connectivity index (χ1v) is 16.2. The molecule has 0 bridgehead atoms. The zero-order chi connectivity index (χ0) is 33.0. The molecule has 0 radical (unpaired) electrons. The second kappa shape index (κ2) is 13.2. The summed E-state index contributed by atoms with van der Waals surface area (Å²) < 4.78 is 0. The third-order valence-electron chi connectivity index (χ3n) is 8.55. The van der Waals surface area contributed by atoms with Gasteiger partial charge in [0.25, 0.3) is 0 Å². The average molecular weight is 630 g/mol. The topological polar surface area (TPSA) is 74.6 Å². The molecule has 0 unspecified atom stereocenters. The van der Waals surface area contributed by atoms with E-state index in [-0.39, 0.29) is 0 Å². The van der Waals surface area contributed by atoms with Crippen LogP contribution in [0.25, 0.3) is 62.8 Å². The van der Waals surface area contributed by atoms with E-state index >= 15 is 0 Å². The predicted molar refractivity (Wildman–Crippen MR) is 200 cm³/mol. The lowest BCUT2D eigenvalue weighted by Crippen LogP contribution is -2.17. The van der Waals surface area contributed by atoms with Crippen LogP contribution in [-0.2, 0) is 0 Å². The Bertz CT molecular complexity index is 2270. The van der Waals surface area contributed by atoms with Crippen LogP contribution in [0.3, 0.4) is 0 Å². The van der Waals surface area contributed by atoms with Gasteiger partial charge in [-0.05, 0) is 46.0 Å². The van der Waals surface area contributed by atoms with Gasteiger partial charge in [-0.2, -0.15) is 0 Å². The first-order chi connectivity index (χ1) is 24.2. The molecule has 6 aromatic carbocycles. The van der Waals surface area contributed by atoms with Gasteiger partial charge in [-0.1, -0.05) is 158 Å². The molecule has 5 heteroatoms. The lowest BCUT2D eigenvalue weighted by atomic mass is 9.92. The highest BCUT2D eigenvalue weighted by atomic mass is 15.0. The first kappa shape index (κ1) is 29.7. The van der Waals surface area contributed by atoms with Gasteiger partial charge < -0.3 is 10.7 Å². The number of hydrogen-bond donors (Lipinski definition) is 2. The molecule has 1 aliphatic rings. The third kappa shape index (κ3) is 6.33. The molecule has 0 saturated heterocycles. The van der Waals surface area contributed by atoms with Crippen molar-refractivity contribution in [1.82, 2.24) is 20.3 Å². The fourth-order valence-electron chi connectivity index (χ4n) is 5.98. The van der Waals surface area contributed by atoms with E-state index in [2.05, 4.69) is 66.0 Å². The Balaban J connectivity index is 1.17. The Morgan fingerprint density at radius 2 is 0.918 bits per heavy atom. The molecule has 2 heterocycles. The molecular formula is C44H31N5. The van der Waals surface area contributed by atoms with E-state index < -0.39 is 0 Å². The molecule has 0 spiro atoms. The quantitative estimate of drug-likeness (QED) is 0.172. The Morgan fingerprint density at radius 3 is 1.47 bits per heavy atom. The molecule has 0 amide bonds. The molecule has 49 heavy (non-hydrogen) atoms. The van der Waals surface area contributed by atoms with Crippen molar-refractivity contribution in [2.45, 2.75) is 0 Å². The van der Waals surface area contributed by atoms with E-state index in [4.69, 9.17) is 20.4 Å². The monoisotopic (exact) mass is 629 g/mol. The second-order valence-electron chi connectivity index (χ2n) is 11.8. The van der Waals surface area contributed by atoms with E-state index in [1.54, 1.807) is 0 Å². The van der Waals surface area contributed by atoms with Gasteiger partial charge in [-0.3, -0.25) is 0 Å². The summed E-state index contributed by atoms with van der Waals surface area (Å²) in [7, 11) is 0. The van der Waals surface area contributed by atoms with Crippen LogP contribution in [0.4, 0.5) is 0 Å². The summed E-state index contributed by atoms with van der Waals surface area (Å²) in [6, 6.07) is 55.0. The minimum absolute atomic E-state index is 0.445. The summed E-state index contributed by atoms with van der Waals surface area (Å²) >= 11 is 0. The summed E-state index contributed by atoms with van der Waals surface area (Å²) in [6.07, 6.45) is 4.10. The minimum atomic E-state index is 0.445. The van der Waals surface area contributed by atoms with E-state index in [1.165, 1.54) is 0 Å². The molecule has 0 saturated carbocycles. The predicted octanol–water partition coefficient (Wildman–Crippen LogP) is 10.0. The zero-order valence-electron chi connectivity index (χ0n) is 26.6. The van der Waals surface area contributed by atoms with Crippen molar-refractivity contribution in [2.24, 2.45) is 0 Å². The third-order valence-corrected chi connectivity index (χ3v) is 8.55. The Hall–Kier alpha value is -6.72. The number of nitrogens with zero attached hydrogens (tertiary/aromatic N) is 3. The van der Waals surface area contributed by atoms with Crippen molar-refractivity contribution in [3.63, 3.8) is 0 Å². The fourth-order valence-corrected chi connectivity index (χ4v) is 5.98. The summed E-state index contributed by atoms with van der Waals surface area (Å²) in [4.78, 5) is 14.6. The molecule has 1 aliphatic heterocycles. The minimum Gasteiger partial charge on any atom is -0.354 e. The van der Waals surface area contributed by atoms with Gasteiger partial charge >= 0.3 is 0 Å². The van der Waals surface area contributed by atoms with Crippen molar-refractivity contribution in [2.75, 3.05) is 0 Å². The van der Waals surface area contributed by atoms with Gasteiger partial charge in [-0.25, -0.2) is 15.0 Å². The smallest absolute Gasteiger partial charge is 0.164 e. The molecule has 0 atom stereocenters. The molecule has 5 nitrogen and oxygen atoms in total. The Morgan fingerprint density at radius 1 is 0.469 bits per heavy atom. The SMILES string of the molecule is N=C(/C=C1\NC(c2ccccc2)=Cc2ccc(-c3ccc(-c4nc(-c5ccccc5)nc(-c5ccccc5)n4)cc3)cc21)c1ccccc1. The van der Waals surface area contributed by atoms with Crippen molar-refractivity contribution in [3.8, 4) is 45.3 Å². The normalized spacial score (nSPS) is 12.9. The Kier molecular flexibility index (Phi) is 7.98. The number of benzene rings is 6. The van der Waals surface area contributed by atoms with Crippen molar-refractivity contribution in [1.29, 1.82) is 5.41 Å². The fraction of sp³-hybridized carbons (Fsp3) is 0. The molecule has 0 aliphatic carbocycles. The van der Waals surface area contributed by atoms with E-state index in [1.807, 2.05) is 115 Å². The number of allylic oxidation sites excluding steroid dienone is 1. The number of nitrogens with one attached hydrogen (secondary N) is 2. The molecule has 8 rings (SSSR count). The first-order valence-electron chi connectivity index (χ1n) is 16.2. The van der Waals surface area contributed by atoms with Crippen molar-refractivity contribution >= 4 is 23.2 Å². The standard InChI is InChI=1S/C44H31N5/c45-39(31-13-5-1-6-14-31)29-41-38-27-36(25-26-37(38)28-40(46-41)32-15-7-2-8-16-32)30-21-23-35(24-22-30)44-48-42(33-17-9-3-10-18-33)47-43(49-44)34-19-11-4-12-20-34/h1-29,45-46H/b41-29-,45-39?. The maximum atomic E-state index is 8.89. The van der Waals surface area contributed by atoms with Crippen LogP contribution in [0.15, 0.2) is 170 Å². The lowest BCUT2D eigenvalue weighted by Gasteiger charge is -2.23. The highest BCUT2D eigenvalue weighted by Gasteiger charge is 2.18. The van der Waals surface area contributed by atoms with Gasteiger partial charge in [0.1, 0.15) is 0 Å². The molecule has 2 N–H and O–H groups in total. The van der Waals surface area contributed by atoms with Crippen LogP contribution < -0.4 is 5.32 Å². The average Bonchev–Trinajstić information content (AvgIpc) is 3.19. The largest absolute Gasteiger partial charge is 0.354 e. The zero-order valence-corrected chi connectivity index (χ0v) is 26.6. The number of aromatic nitrogens is 3. The molecular weight excluding hydrogens is 599 g/mol. The van der Waals surface area contributed by atoms with Crippen LogP contribution in [0.1, 0.15) is 22.3 Å². The van der Waals surface area contributed by atoms with Crippen molar-refractivity contribution in [3.05, 3.63) is 192 Å². The lowest BCUT2D eigenvalue weighted by molar-refractivity contribution is 1.07. The van der Waals surface area contributed by atoms with Crippen LogP contribution in [0.5, 0.6) is 0 Å². The van der Waals surface area contributed by atoms with E-state index in [0.717, 1.165) is 61.5 Å². The summed E-state index contributed by atoms with van der Waals surface area (Å²) in [5, 5.41) is 12.5. The second-order valence-corrected chi connectivity index (χ2v) is 11.8. The molecule has 1 aromatic heterocycles. The maximum Gasteiger partial charge on any atom is 0.164 e. The van der Waals surface area contributed by atoms with E-state index in [0.29, 0.717) is 23.2 Å². The van der Waals surface area contributed by atoms with Gasteiger partial charge in [0, 0.05) is 33.6 Å². The van der Waals surface area contributed by atoms with E-state index in [9.17, 15) is 0 Å². The maximum absolute atomic E-state index is 8.89. The molecule has 232 valence electrons. The molecule has 0 fully saturated rings. The van der Waals surface area contributed by atoms with Crippen molar-refractivity contribution < 1.29 is 0 Å². The highest BCUT2D eigenvalue weighted by molar-refractivity contribution is 6.12. The van der Waals surface area contributed by atoms with Gasteiger partial charge in [-0.15, -0.1) is 0 Å². The van der Waals surface area contributed by atoms with Crippen LogP contribution in [0, 0.1) is 5.41 Å². The van der Waals surface area contributed by atoms with Crippen LogP contribution in [0.2, 0.25) is 0 Å². The highest BCUT2D eigenvalue weighted by Crippen LogP contribution is 2.34. The van der Waals surface area contributed by atoms with Crippen LogP contribution >= 0.6 is 0 Å². The molecule has 7 aromatic rings. The van der Waals surface area contributed by atoms with Gasteiger partial charge in [0.15, 0.2) is 17.5 Å². The van der Waals surface area contributed by atoms with Gasteiger partial charge in [0.2, 0.25) is 0 Å². The summed E-state index contributed by atoms with van der Waals surface area (Å²) in [6.45, 7) is 0. The van der Waals surface area contributed by atoms with Gasteiger partial charge in [0.05, 0.1) is 5.71 Å². The number of hydrogen-bond acceptors (Lipinski definition) is 5. The summed E-state index contributed by atoms with van der Waals surface area (Å²) in [5.74, 6) is 1.90. The Labute approximate surface area is 285 Å².